The van der Waals surface area contributed by atoms with Crippen LogP contribution in [-0.4, -0.2) is 173 Å². The van der Waals surface area contributed by atoms with Gasteiger partial charge in [-0.05, 0) is 38.0 Å². The van der Waals surface area contributed by atoms with Crippen LogP contribution in [0.4, 0.5) is 0 Å². The van der Waals surface area contributed by atoms with Crippen molar-refractivity contribution in [1.29, 1.82) is 0 Å². The van der Waals surface area contributed by atoms with E-state index in [9.17, 15) is 30.6 Å². The molecule has 18 nitrogen and oxygen atoms in total. The first-order valence-electron chi connectivity index (χ1n) is 16.2. The van der Waals surface area contributed by atoms with E-state index in [0.29, 0.717) is 45.2 Å². The van der Waals surface area contributed by atoms with Crippen molar-refractivity contribution < 1.29 is 64.2 Å². The maximum absolute atomic E-state index is 11.5. The van der Waals surface area contributed by atoms with Gasteiger partial charge in [0.1, 0.15) is 48.8 Å². The fraction of sp³-hybridized carbons (Fsp3) is 1.00. The topological polar surface area (TPSA) is 313 Å². The van der Waals surface area contributed by atoms with Crippen LogP contribution in [0.5, 0.6) is 0 Å². The Morgan fingerprint density at radius 1 is 0.696 bits per heavy atom. The maximum atomic E-state index is 11.5. The molecule has 4 rings (SSSR count). The molecule has 0 amide bonds. The van der Waals surface area contributed by atoms with E-state index in [-0.39, 0.29) is 31.8 Å². The van der Waals surface area contributed by atoms with Gasteiger partial charge in [-0.3, -0.25) is 0 Å². The fourth-order valence-electron chi connectivity index (χ4n) is 6.67. The average Bonchev–Trinajstić information content (AvgIpc) is 3.34. The summed E-state index contributed by atoms with van der Waals surface area (Å²) in [5.74, 6) is -0.377. The van der Waals surface area contributed by atoms with Crippen molar-refractivity contribution in [3.8, 4) is 0 Å². The van der Waals surface area contributed by atoms with Crippen LogP contribution in [0.3, 0.4) is 0 Å². The quantitative estimate of drug-likeness (QED) is 0.0722. The Morgan fingerprint density at radius 3 is 2.07 bits per heavy atom. The van der Waals surface area contributed by atoms with Crippen LogP contribution in [-0.2, 0) is 28.4 Å². The van der Waals surface area contributed by atoms with E-state index in [4.69, 9.17) is 56.5 Å². The van der Waals surface area contributed by atoms with E-state index in [1.807, 2.05) is 0 Å². The maximum Gasteiger partial charge on any atom is 0.187 e. The summed E-state index contributed by atoms with van der Waals surface area (Å²) in [6, 6.07) is -2.37. The number of nitrogens with two attached hydrogens (primary N) is 4. The highest BCUT2D eigenvalue weighted by Crippen LogP contribution is 2.37. The van der Waals surface area contributed by atoms with Crippen LogP contribution in [0.25, 0.3) is 0 Å². The summed E-state index contributed by atoms with van der Waals surface area (Å²) in [5, 5.41) is 75.1. The molecule has 270 valence electrons. The van der Waals surface area contributed by atoms with Gasteiger partial charge in [-0.2, -0.15) is 0 Å². The Bertz CT molecular complexity index is 901. The number of nitrogens with one attached hydrogen (secondary N) is 1. The smallest absolute Gasteiger partial charge is 0.187 e. The van der Waals surface area contributed by atoms with E-state index >= 15 is 0 Å². The predicted octanol–water partition coefficient (Wildman–Crippen LogP) is -6.15. The molecule has 46 heavy (non-hydrogen) atoms. The van der Waals surface area contributed by atoms with E-state index in [1.165, 1.54) is 0 Å². The standard InChI is InChI=1S/C28H55N5O13/c29-9-16-20(38)21(39)18(32)27(42-16)45-24-17(11-36)43-28(22(24)40)46-25-19(37)12(2-1-6-34)8-15(31)23(25)44-26-14(30)4-3-13(41-26)10-33-5-7-35/h12-28,33-40H,1-11,29-32H2/t12-,13+,14-,15+,16+,17-,18-,19+,20-,21-,22-,23-,24-,25-,26-,27-,28+/m1/s1. The van der Waals surface area contributed by atoms with E-state index < -0.39 is 98.5 Å². The average molecular weight is 670 g/mol. The van der Waals surface area contributed by atoms with Gasteiger partial charge in [-0.1, -0.05) is 0 Å². The lowest BCUT2D eigenvalue weighted by atomic mass is 9.77. The van der Waals surface area contributed by atoms with Gasteiger partial charge in [0.05, 0.1) is 37.5 Å². The summed E-state index contributed by atoms with van der Waals surface area (Å²) in [6.07, 6.45) is -12.4. The van der Waals surface area contributed by atoms with Gasteiger partial charge in [0, 0.05) is 32.3 Å². The first-order chi connectivity index (χ1) is 22.0. The molecule has 0 aromatic carbocycles. The van der Waals surface area contributed by atoms with Gasteiger partial charge >= 0.3 is 0 Å². The molecule has 4 fully saturated rings. The molecule has 0 radical (unpaired) electrons. The Kier molecular flexibility index (Phi) is 14.7. The minimum Gasteiger partial charge on any atom is -0.396 e. The number of aliphatic hydroxyl groups is 7. The number of rotatable bonds is 15. The lowest BCUT2D eigenvalue weighted by molar-refractivity contribution is -0.292. The molecular formula is C28H55N5O13. The van der Waals surface area contributed by atoms with Crippen molar-refractivity contribution >= 4 is 0 Å². The first kappa shape index (κ1) is 38.1. The van der Waals surface area contributed by atoms with Gasteiger partial charge in [0.25, 0.3) is 0 Å². The Balaban J connectivity index is 1.50. The second-order valence-corrected chi connectivity index (χ2v) is 12.7. The lowest BCUT2D eigenvalue weighted by Gasteiger charge is -2.46. The molecule has 18 heteroatoms. The third-order valence-corrected chi connectivity index (χ3v) is 9.36. The third-order valence-electron chi connectivity index (χ3n) is 9.36. The van der Waals surface area contributed by atoms with Crippen molar-refractivity contribution in [3.05, 3.63) is 0 Å². The van der Waals surface area contributed by atoms with Gasteiger partial charge in [0.2, 0.25) is 0 Å². The minimum atomic E-state index is -1.54. The molecule has 3 aliphatic heterocycles. The molecule has 0 aromatic heterocycles. The summed E-state index contributed by atoms with van der Waals surface area (Å²) < 4.78 is 36.0. The summed E-state index contributed by atoms with van der Waals surface area (Å²) >= 11 is 0. The number of hydrogen-bond donors (Lipinski definition) is 12. The van der Waals surface area contributed by atoms with Gasteiger partial charge in [0.15, 0.2) is 18.9 Å². The first-order valence-corrected chi connectivity index (χ1v) is 16.2. The highest BCUT2D eigenvalue weighted by Gasteiger charge is 2.53. The van der Waals surface area contributed by atoms with Crippen molar-refractivity contribution in [2.75, 3.05) is 39.5 Å². The molecule has 0 spiro atoms. The number of hydrogen-bond acceptors (Lipinski definition) is 18. The van der Waals surface area contributed by atoms with Crippen LogP contribution < -0.4 is 28.3 Å². The molecule has 16 N–H and O–H groups in total. The molecule has 0 bridgehead atoms. The monoisotopic (exact) mass is 669 g/mol. The Labute approximate surface area is 268 Å². The molecular weight excluding hydrogens is 614 g/mol. The summed E-state index contributed by atoms with van der Waals surface area (Å²) in [7, 11) is 0. The van der Waals surface area contributed by atoms with Crippen molar-refractivity contribution in [2.45, 2.75) is 130 Å². The molecule has 3 heterocycles. The summed E-state index contributed by atoms with van der Waals surface area (Å²) in [4.78, 5) is 0. The van der Waals surface area contributed by atoms with Crippen molar-refractivity contribution in [1.82, 2.24) is 5.32 Å². The molecule has 3 saturated heterocycles. The van der Waals surface area contributed by atoms with E-state index in [2.05, 4.69) is 5.32 Å². The van der Waals surface area contributed by atoms with Crippen LogP contribution in [0, 0.1) is 5.92 Å². The van der Waals surface area contributed by atoms with Gasteiger partial charge in [-0.15, -0.1) is 0 Å². The minimum absolute atomic E-state index is 0.0185. The van der Waals surface area contributed by atoms with Crippen LogP contribution in [0.15, 0.2) is 0 Å². The fourth-order valence-corrected chi connectivity index (χ4v) is 6.67. The van der Waals surface area contributed by atoms with Gasteiger partial charge < -0.3 is 92.4 Å². The Morgan fingerprint density at radius 2 is 1.39 bits per heavy atom. The predicted molar refractivity (Wildman–Crippen MR) is 158 cm³/mol. The number of ether oxygens (including phenoxy) is 6. The summed E-state index contributed by atoms with van der Waals surface area (Å²) in [5.41, 5.74) is 24.6. The number of aliphatic hydroxyl groups excluding tert-OH is 7. The van der Waals surface area contributed by atoms with Crippen molar-refractivity contribution in [3.63, 3.8) is 0 Å². The molecule has 1 aliphatic carbocycles. The lowest BCUT2D eigenvalue weighted by Crippen LogP contribution is -2.64. The highest BCUT2D eigenvalue weighted by atomic mass is 16.8. The molecule has 0 unspecified atom stereocenters. The van der Waals surface area contributed by atoms with Crippen LogP contribution in [0.1, 0.15) is 32.1 Å². The second-order valence-electron chi connectivity index (χ2n) is 12.7. The highest BCUT2D eigenvalue weighted by molar-refractivity contribution is 5.00. The Hall–Kier alpha value is -0.720. The summed E-state index contributed by atoms with van der Waals surface area (Å²) in [6.45, 7) is 0.0337. The molecule has 1 saturated carbocycles. The zero-order chi connectivity index (χ0) is 33.5. The zero-order valence-electron chi connectivity index (χ0n) is 26.0. The van der Waals surface area contributed by atoms with Crippen molar-refractivity contribution in [2.24, 2.45) is 28.9 Å². The molecule has 17 atom stereocenters. The van der Waals surface area contributed by atoms with Crippen LogP contribution in [0.2, 0.25) is 0 Å². The zero-order valence-corrected chi connectivity index (χ0v) is 26.0. The SMILES string of the molecule is NC[C@@H]1O[C@H](O[C@H]2[C@@H](O)[C@H](O[C@@H]3[C@@H](O)[C@H](CCCO)C[C@H](N)[C@H]3O[C@H]3O[C@H](CNCCO)CC[C@H]3N)O[C@@H]2CO)[C@H](N)[C@@H](O)[C@@H]1O. The normalized spacial score (nSPS) is 46.9. The van der Waals surface area contributed by atoms with E-state index in [0.717, 1.165) is 0 Å². The van der Waals surface area contributed by atoms with Crippen LogP contribution >= 0.6 is 0 Å². The largest absolute Gasteiger partial charge is 0.396 e. The second kappa shape index (κ2) is 17.8. The third kappa shape index (κ3) is 8.89. The molecule has 4 aliphatic rings. The van der Waals surface area contributed by atoms with E-state index in [1.54, 1.807) is 0 Å². The molecule has 0 aromatic rings. The van der Waals surface area contributed by atoms with Gasteiger partial charge in [-0.25, -0.2) is 0 Å².